The van der Waals surface area contributed by atoms with Gasteiger partial charge in [0.15, 0.2) is 0 Å². The van der Waals surface area contributed by atoms with Crippen LogP contribution in [0.5, 0.6) is 0 Å². The van der Waals surface area contributed by atoms with Crippen LogP contribution in [0.25, 0.3) is 0 Å². The van der Waals surface area contributed by atoms with E-state index in [2.05, 4.69) is 52.8 Å². The Kier molecular flexibility index (Phi) is 9.74. The van der Waals surface area contributed by atoms with Gasteiger partial charge >= 0.3 is 0 Å². The smallest absolute Gasteiger partial charge is 0.220 e. The number of carbonyl (C=O) groups is 1. The molecule has 1 aromatic rings. The number of piperidine rings is 2. The highest BCUT2D eigenvalue weighted by molar-refractivity contribution is 5.85. The number of amides is 1. The lowest BCUT2D eigenvalue weighted by atomic mass is 9.84. The Hall–Kier alpha value is -0.810. The molecule has 3 unspecified atom stereocenters. The number of hydrogen-bond acceptors (Lipinski definition) is 3. The molecule has 2 bridgehead atoms. The third-order valence-electron chi connectivity index (χ3n) is 7.15. The lowest BCUT2D eigenvalue weighted by Crippen LogP contribution is -2.50. The van der Waals surface area contributed by atoms with Crippen molar-refractivity contribution in [2.45, 2.75) is 76.5 Å². The summed E-state index contributed by atoms with van der Waals surface area (Å²) in [7, 11) is 0. The van der Waals surface area contributed by atoms with Gasteiger partial charge in [-0.05, 0) is 69.0 Å². The van der Waals surface area contributed by atoms with Gasteiger partial charge in [-0.1, -0.05) is 37.3 Å². The molecule has 4 rings (SSSR count). The lowest BCUT2D eigenvalue weighted by Gasteiger charge is -2.39. The molecule has 3 heterocycles. The highest BCUT2D eigenvalue weighted by atomic mass is 35.5. The topological polar surface area (TPSA) is 44.4 Å². The molecule has 3 aliphatic heterocycles. The van der Waals surface area contributed by atoms with E-state index in [0.717, 1.165) is 32.5 Å². The quantitative estimate of drug-likeness (QED) is 0.695. The van der Waals surface area contributed by atoms with Crippen LogP contribution >= 0.6 is 24.8 Å². The van der Waals surface area contributed by atoms with Crippen molar-refractivity contribution in [3.8, 4) is 0 Å². The van der Waals surface area contributed by atoms with Crippen LogP contribution in [0.2, 0.25) is 0 Å². The van der Waals surface area contributed by atoms with E-state index in [-0.39, 0.29) is 30.7 Å². The molecule has 0 aliphatic carbocycles. The standard InChI is InChI=1S/C23H35N3O.2ClH/c1-17(19-9-11-24-12-10-19)13-23(27)25-20-14-21-7-8-22(15-20)26(21)16-18-5-3-2-4-6-18;;/h2-6,17,19-22,24H,7-16H2,1H3,(H,25,27);2*1H. The number of benzene rings is 1. The molecule has 3 saturated heterocycles. The molecule has 164 valence electrons. The molecule has 3 aliphatic rings. The van der Waals surface area contributed by atoms with Crippen LogP contribution in [-0.4, -0.2) is 42.0 Å². The summed E-state index contributed by atoms with van der Waals surface area (Å²) < 4.78 is 0. The van der Waals surface area contributed by atoms with Gasteiger partial charge in [0.1, 0.15) is 0 Å². The fourth-order valence-corrected chi connectivity index (χ4v) is 5.60. The first-order chi connectivity index (χ1) is 13.2. The fraction of sp³-hybridized carbons (Fsp3) is 0.696. The lowest BCUT2D eigenvalue weighted by molar-refractivity contribution is -0.123. The van der Waals surface area contributed by atoms with Crippen LogP contribution in [0.1, 0.15) is 57.4 Å². The Morgan fingerprint density at radius 1 is 1.07 bits per heavy atom. The number of rotatable bonds is 6. The number of hydrogen-bond donors (Lipinski definition) is 2. The predicted octanol–water partition coefficient (Wildman–Crippen LogP) is 4.17. The average Bonchev–Trinajstić information content (AvgIpc) is 2.91. The summed E-state index contributed by atoms with van der Waals surface area (Å²) in [4.78, 5) is 15.3. The molecule has 0 saturated carbocycles. The summed E-state index contributed by atoms with van der Waals surface area (Å²) in [6.07, 6.45) is 7.95. The molecular weight excluding hydrogens is 405 g/mol. The first kappa shape index (κ1) is 24.5. The second-order valence-corrected chi connectivity index (χ2v) is 9.05. The molecule has 4 nitrogen and oxygen atoms in total. The van der Waals surface area contributed by atoms with Crippen LogP contribution in [0.4, 0.5) is 0 Å². The normalized spacial score (nSPS) is 28.1. The molecule has 0 spiro atoms. The molecule has 1 amide bonds. The van der Waals surface area contributed by atoms with Crippen LogP contribution in [0, 0.1) is 11.8 Å². The monoisotopic (exact) mass is 441 g/mol. The van der Waals surface area contributed by atoms with E-state index in [1.807, 2.05) is 0 Å². The average molecular weight is 442 g/mol. The summed E-state index contributed by atoms with van der Waals surface area (Å²) in [5.74, 6) is 1.49. The number of nitrogens with one attached hydrogen (secondary N) is 2. The molecule has 29 heavy (non-hydrogen) atoms. The van der Waals surface area contributed by atoms with E-state index in [1.54, 1.807) is 0 Å². The summed E-state index contributed by atoms with van der Waals surface area (Å²) in [6, 6.07) is 12.5. The van der Waals surface area contributed by atoms with Crippen molar-refractivity contribution in [3.63, 3.8) is 0 Å². The zero-order chi connectivity index (χ0) is 18.6. The van der Waals surface area contributed by atoms with Crippen molar-refractivity contribution in [3.05, 3.63) is 35.9 Å². The zero-order valence-electron chi connectivity index (χ0n) is 17.5. The molecular formula is C23H37Cl2N3O. The maximum atomic E-state index is 12.6. The van der Waals surface area contributed by atoms with Crippen LogP contribution in [0.3, 0.4) is 0 Å². The maximum absolute atomic E-state index is 12.6. The van der Waals surface area contributed by atoms with Crippen molar-refractivity contribution in [1.82, 2.24) is 15.5 Å². The molecule has 3 fully saturated rings. The highest BCUT2D eigenvalue weighted by Crippen LogP contribution is 2.37. The molecule has 0 radical (unpaired) electrons. The first-order valence-electron chi connectivity index (χ1n) is 11.0. The summed E-state index contributed by atoms with van der Waals surface area (Å²) >= 11 is 0. The van der Waals surface area contributed by atoms with E-state index in [0.29, 0.717) is 36.4 Å². The number of halogens is 2. The fourth-order valence-electron chi connectivity index (χ4n) is 5.60. The Balaban J connectivity index is 0.00000150. The van der Waals surface area contributed by atoms with Gasteiger partial charge in [0, 0.05) is 31.1 Å². The van der Waals surface area contributed by atoms with Crippen LogP contribution in [-0.2, 0) is 11.3 Å². The van der Waals surface area contributed by atoms with E-state index < -0.39 is 0 Å². The van der Waals surface area contributed by atoms with Gasteiger partial charge in [0.05, 0.1) is 0 Å². The highest BCUT2D eigenvalue weighted by Gasteiger charge is 2.41. The van der Waals surface area contributed by atoms with Gasteiger partial charge in [-0.15, -0.1) is 24.8 Å². The molecule has 0 aromatic heterocycles. The Bertz CT molecular complexity index is 610. The minimum atomic E-state index is 0. The summed E-state index contributed by atoms with van der Waals surface area (Å²) in [5, 5.41) is 6.81. The third-order valence-corrected chi connectivity index (χ3v) is 7.15. The van der Waals surface area contributed by atoms with Crippen molar-refractivity contribution < 1.29 is 4.79 Å². The number of carbonyl (C=O) groups excluding carboxylic acids is 1. The number of fused-ring (bicyclic) bond motifs is 2. The number of nitrogens with zero attached hydrogens (tertiary/aromatic N) is 1. The third kappa shape index (κ3) is 6.33. The first-order valence-corrected chi connectivity index (χ1v) is 11.0. The minimum absolute atomic E-state index is 0. The van der Waals surface area contributed by atoms with Gasteiger partial charge in [0.2, 0.25) is 5.91 Å². The van der Waals surface area contributed by atoms with Gasteiger partial charge in [-0.3, -0.25) is 9.69 Å². The zero-order valence-corrected chi connectivity index (χ0v) is 19.1. The SMILES string of the molecule is CC(CC(=O)NC1CC2CCC(C1)N2Cc1ccccc1)C1CCNCC1.Cl.Cl. The minimum Gasteiger partial charge on any atom is -0.353 e. The van der Waals surface area contributed by atoms with Crippen molar-refractivity contribution in [2.75, 3.05) is 13.1 Å². The maximum Gasteiger partial charge on any atom is 0.220 e. The molecule has 1 aromatic carbocycles. The van der Waals surface area contributed by atoms with E-state index in [4.69, 9.17) is 0 Å². The van der Waals surface area contributed by atoms with Crippen LogP contribution in [0.15, 0.2) is 30.3 Å². The van der Waals surface area contributed by atoms with E-state index in [1.165, 1.54) is 31.2 Å². The van der Waals surface area contributed by atoms with Crippen molar-refractivity contribution >= 4 is 30.7 Å². The largest absolute Gasteiger partial charge is 0.353 e. The Labute approximate surface area is 188 Å². The summed E-state index contributed by atoms with van der Waals surface area (Å²) in [5.41, 5.74) is 1.41. The molecule has 2 N–H and O–H groups in total. The Morgan fingerprint density at radius 3 is 2.31 bits per heavy atom. The predicted molar refractivity (Wildman–Crippen MR) is 124 cm³/mol. The summed E-state index contributed by atoms with van der Waals surface area (Å²) in [6.45, 7) is 5.55. The van der Waals surface area contributed by atoms with Crippen molar-refractivity contribution in [2.24, 2.45) is 11.8 Å². The van der Waals surface area contributed by atoms with Gasteiger partial charge in [0.25, 0.3) is 0 Å². The molecule has 6 heteroatoms. The Morgan fingerprint density at radius 2 is 1.69 bits per heavy atom. The van der Waals surface area contributed by atoms with Gasteiger partial charge in [-0.25, -0.2) is 0 Å². The second kappa shape index (κ2) is 11.5. The van der Waals surface area contributed by atoms with E-state index in [9.17, 15) is 4.79 Å². The van der Waals surface area contributed by atoms with Crippen LogP contribution < -0.4 is 10.6 Å². The molecule has 3 atom stereocenters. The van der Waals surface area contributed by atoms with Crippen molar-refractivity contribution in [1.29, 1.82) is 0 Å². The van der Waals surface area contributed by atoms with Gasteiger partial charge in [-0.2, -0.15) is 0 Å². The van der Waals surface area contributed by atoms with Gasteiger partial charge < -0.3 is 10.6 Å². The second-order valence-electron chi connectivity index (χ2n) is 9.05. The van der Waals surface area contributed by atoms with E-state index >= 15 is 0 Å².